The molecule has 0 aliphatic heterocycles. The predicted octanol–water partition coefficient (Wildman–Crippen LogP) is 8.79. The Balaban J connectivity index is 0. The molecule has 0 aromatic heterocycles. The van der Waals surface area contributed by atoms with Crippen molar-refractivity contribution in [2.24, 2.45) is 10.8 Å². The molecule has 136 valence electrons. The molecule has 0 heteroatoms. The highest BCUT2D eigenvalue weighted by Gasteiger charge is 2.08. The maximum atomic E-state index is 2.33. The first-order valence-electron chi connectivity index (χ1n) is 10.1. The Labute approximate surface area is 143 Å². The van der Waals surface area contributed by atoms with Gasteiger partial charge >= 0.3 is 0 Å². The van der Waals surface area contributed by atoms with Gasteiger partial charge in [-0.1, -0.05) is 120 Å². The summed E-state index contributed by atoms with van der Waals surface area (Å²) >= 11 is 0. The van der Waals surface area contributed by atoms with Gasteiger partial charge in [0.15, 0.2) is 0 Å². The number of hydrogen-bond acceptors (Lipinski definition) is 0. The van der Waals surface area contributed by atoms with Crippen molar-refractivity contribution >= 4 is 0 Å². The van der Waals surface area contributed by atoms with Crippen LogP contribution in [0, 0.1) is 10.8 Å². The fourth-order valence-electron chi connectivity index (χ4n) is 2.52. The molecule has 0 fully saturated rings. The average molecular weight is 313 g/mol. The summed E-state index contributed by atoms with van der Waals surface area (Å²) in [5.41, 5.74) is 1.10. The van der Waals surface area contributed by atoms with Crippen LogP contribution < -0.4 is 0 Å². The van der Waals surface area contributed by atoms with Gasteiger partial charge in [-0.05, 0) is 23.7 Å². The molecule has 22 heavy (non-hydrogen) atoms. The summed E-state index contributed by atoms with van der Waals surface area (Å²) in [6, 6.07) is 0. The molecule has 0 aliphatic rings. The van der Waals surface area contributed by atoms with Crippen LogP contribution in [0.15, 0.2) is 0 Å². The van der Waals surface area contributed by atoms with Gasteiger partial charge in [-0.2, -0.15) is 0 Å². The lowest BCUT2D eigenvalue weighted by Gasteiger charge is -2.17. The minimum absolute atomic E-state index is 0.546. The normalized spacial score (nSPS) is 12.0. The zero-order valence-corrected chi connectivity index (χ0v) is 17.5. The van der Waals surface area contributed by atoms with E-state index in [1.165, 1.54) is 77.0 Å². The van der Waals surface area contributed by atoms with Gasteiger partial charge < -0.3 is 0 Å². The number of rotatable bonds is 10. The van der Waals surface area contributed by atoms with Gasteiger partial charge in [-0.3, -0.25) is 0 Å². The first-order valence-corrected chi connectivity index (χ1v) is 10.1. The van der Waals surface area contributed by atoms with E-state index in [-0.39, 0.29) is 0 Å². The lowest BCUT2D eigenvalue weighted by atomic mass is 9.89. The summed E-state index contributed by atoms with van der Waals surface area (Å²) in [5, 5.41) is 0. The monoisotopic (exact) mass is 312 g/mol. The molecule has 0 spiro atoms. The Bertz CT molecular complexity index is 201. The Kier molecular flexibility index (Phi) is 16.1. The molecule has 0 N–H and O–H groups in total. The minimum Gasteiger partial charge on any atom is -0.0654 e. The van der Waals surface area contributed by atoms with Crippen LogP contribution in [0.5, 0.6) is 0 Å². The van der Waals surface area contributed by atoms with E-state index in [2.05, 4.69) is 55.4 Å². The van der Waals surface area contributed by atoms with E-state index in [4.69, 9.17) is 0 Å². The molecule has 0 saturated carbocycles. The fraction of sp³-hybridized carbons (Fsp3) is 1.00. The molecule has 0 aromatic carbocycles. The lowest BCUT2D eigenvalue weighted by Crippen LogP contribution is -2.03. The van der Waals surface area contributed by atoms with Gasteiger partial charge in [0.05, 0.1) is 0 Å². The summed E-state index contributed by atoms with van der Waals surface area (Å²) < 4.78 is 0. The van der Waals surface area contributed by atoms with Crippen molar-refractivity contribution in [3.8, 4) is 0 Å². The van der Waals surface area contributed by atoms with Gasteiger partial charge in [-0.15, -0.1) is 0 Å². The van der Waals surface area contributed by atoms with Gasteiger partial charge in [-0.25, -0.2) is 0 Å². The second-order valence-electron chi connectivity index (χ2n) is 9.45. The maximum Gasteiger partial charge on any atom is -0.0383 e. The third kappa shape index (κ3) is 28.2. The Morgan fingerprint density at radius 3 is 1.00 bits per heavy atom. The van der Waals surface area contributed by atoms with Gasteiger partial charge in [0.1, 0.15) is 0 Å². The van der Waals surface area contributed by atoms with E-state index in [1.54, 1.807) is 0 Å². The van der Waals surface area contributed by atoms with Crippen molar-refractivity contribution in [2.75, 3.05) is 0 Å². The molecule has 0 aromatic rings. The van der Waals surface area contributed by atoms with Crippen LogP contribution in [-0.2, 0) is 0 Å². The molecular weight excluding hydrogens is 264 g/mol. The zero-order valence-electron chi connectivity index (χ0n) is 17.5. The molecule has 0 rings (SSSR count). The topological polar surface area (TPSA) is 0 Å². The van der Waals surface area contributed by atoms with Gasteiger partial charge in [0.2, 0.25) is 0 Å². The smallest absolute Gasteiger partial charge is 0.0383 e. The highest BCUT2D eigenvalue weighted by molar-refractivity contribution is 4.61. The molecule has 0 atom stereocenters. The predicted molar refractivity (Wildman–Crippen MR) is 106 cm³/mol. The highest BCUT2D eigenvalue weighted by atomic mass is 14.1. The third-order valence-electron chi connectivity index (χ3n) is 4.06. The van der Waals surface area contributed by atoms with E-state index in [0.29, 0.717) is 10.8 Å². The lowest BCUT2D eigenvalue weighted by molar-refractivity contribution is 0.356. The zero-order chi connectivity index (χ0) is 17.5. The molecule has 0 aliphatic carbocycles. The third-order valence-corrected chi connectivity index (χ3v) is 4.06. The van der Waals surface area contributed by atoms with E-state index in [0.717, 1.165) is 0 Å². The molecular formula is C22H48. The van der Waals surface area contributed by atoms with Crippen LogP contribution in [0.4, 0.5) is 0 Å². The van der Waals surface area contributed by atoms with E-state index < -0.39 is 0 Å². The van der Waals surface area contributed by atoms with Crippen molar-refractivity contribution in [2.45, 2.75) is 132 Å². The van der Waals surface area contributed by atoms with E-state index in [9.17, 15) is 0 Å². The molecule has 0 nitrogen and oxygen atoms in total. The van der Waals surface area contributed by atoms with Gasteiger partial charge in [0, 0.05) is 0 Å². The summed E-state index contributed by atoms with van der Waals surface area (Å²) in [4.78, 5) is 0. The number of unbranched alkanes of at least 4 members (excludes halogenated alkanes) is 8. The second kappa shape index (κ2) is 14.6. The Hall–Kier alpha value is 0. The van der Waals surface area contributed by atoms with Crippen LogP contribution in [0.25, 0.3) is 0 Å². The average Bonchev–Trinajstić information content (AvgIpc) is 2.37. The summed E-state index contributed by atoms with van der Waals surface area (Å²) in [7, 11) is 0. The molecule has 0 unspecified atom stereocenters. The van der Waals surface area contributed by atoms with Crippen LogP contribution in [0.2, 0.25) is 0 Å². The SMILES string of the molecule is CCCCCCC(C)(C)C.CCCCCCCCC(C)(C)C. The Morgan fingerprint density at radius 2 is 0.682 bits per heavy atom. The maximum absolute atomic E-state index is 2.33. The van der Waals surface area contributed by atoms with E-state index >= 15 is 0 Å². The minimum atomic E-state index is 0.546. The van der Waals surface area contributed by atoms with Crippen molar-refractivity contribution < 1.29 is 0 Å². The van der Waals surface area contributed by atoms with Crippen molar-refractivity contribution in [1.82, 2.24) is 0 Å². The highest BCUT2D eigenvalue weighted by Crippen LogP contribution is 2.23. The summed E-state index contributed by atoms with van der Waals surface area (Å²) in [6.07, 6.45) is 16.9. The van der Waals surface area contributed by atoms with Crippen molar-refractivity contribution in [3.63, 3.8) is 0 Å². The largest absolute Gasteiger partial charge is 0.0654 e. The van der Waals surface area contributed by atoms with Gasteiger partial charge in [0.25, 0.3) is 0 Å². The van der Waals surface area contributed by atoms with Crippen LogP contribution in [-0.4, -0.2) is 0 Å². The molecule has 0 radical (unpaired) electrons. The number of hydrogen-bond donors (Lipinski definition) is 0. The summed E-state index contributed by atoms with van der Waals surface area (Å²) in [5.74, 6) is 0. The quantitative estimate of drug-likeness (QED) is 0.353. The standard InChI is InChI=1S/C12H26.C10H22/c1-5-6-7-8-9-10-11-12(2,3)4;1-5-6-7-8-9-10(2,3)4/h5-11H2,1-4H3;5-9H2,1-4H3. The first kappa shape index (κ1) is 24.3. The second-order valence-corrected chi connectivity index (χ2v) is 9.45. The van der Waals surface area contributed by atoms with Crippen LogP contribution >= 0.6 is 0 Å². The fourth-order valence-corrected chi connectivity index (χ4v) is 2.52. The molecule has 0 heterocycles. The Morgan fingerprint density at radius 1 is 0.409 bits per heavy atom. The summed E-state index contributed by atoms with van der Waals surface area (Å²) in [6.45, 7) is 18.5. The van der Waals surface area contributed by atoms with Crippen LogP contribution in [0.3, 0.4) is 0 Å². The molecule has 0 saturated heterocycles. The molecule has 0 amide bonds. The van der Waals surface area contributed by atoms with Crippen LogP contribution in [0.1, 0.15) is 132 Å². The van der Waals surface area contributed by atoms with Crippen molar-refractivity contribution in [3.05, 3.63) is 0 Å². The first-order chi connectivity index (χ1) is 10.1. The molecule has 0 bridgehead atoms. The van der Waals surface area contributed by atoms with Crippen molar-refractivity contribution in [1.29, 1.82) is 0 Å². The van der Waals surface area contributed by atoms with E-state index in [1.807, 2.05) is 0 Å².